The van der Waals surface area contributed by atoms with Crippen molar-refractivity contribution in [1.82, 2.24) is 0 Å². The lowest BCUT2D eigenvalue weighted by Crippen LogP contribution is -2.38. The molecule has 0 aromatic heterocycles. The summed E-state index contributed by atoms with van der Waals surface area (Å²) in [5.74, 6) is -3.60. The summed E-state index contributed by atoms with van der Waals surface area (Å²) in [4.78, 5) is 27.8. The summed E-state index contributed by atoms with van der Waals surface area (Å²) in [6.45, 7) is 3.49. The number of hydrogen-bond acceptors (Lipinski definition) is 5. The molecule has 0 saturated carbocycles. The van der Waals surface area contributed by atoms with Gasteiger partial charge >= 0.3 is 0 Å². The van der Waals surface area contributed by atoms with Crippen LogP contribution < -0.4 is 4.90 Å². The number of fused-ring (bicyclic) bond motifs is 1. The number of amides is 2. The van der Waals surface area contributed by atoms with Gasteiger partial charge in [-0.25, -0.2) is 4.39 Å². The highest BCUT2D eigenvalue weighted by molar-refractivity contribution is 6.22. The maximum Gasteiger partial charge on any atom is 0.238 e. The van der Waals surface area contributed by atoms with Crippen LogP contribution >= 0.6 is 0 Å². The Balaban J connectivity index is 1.53. The van der Waals surface area contributed by atoms with E-state index in [4.69, 9.17) is 0 Å². The van der Waals surface area contributed by atoms with Gasteiger partial charge in [-0.1, -0.05) is 48.4 Å². The number of hydrogen-bond donors (Lipinski definition) is 3. The lowest BCUT2D eigenvalue weighted by Gasteiger charge is -2.35. The van der Waals surface area contributed by atoms with E-state index in [2.05, 4.69) is 0 Å². The van der Waals surface area contributed by atoms with Crippen molar-refractivity contribution in [2.45, 2.75) is 45.6 Å². The molecule has 190 valence electrons. The fourth-order valence-electron chi connectivity index (χ4n) is 5.63. The van der Waals surface area contributed by atoms with Gasteiger partial charge in [-0.3, -0.25) is 14.5 Å². The quantitative estimate of drug-likeness (QED) is 0.369. The molecular formula is C29H32FNO5. The van der Waals surface area contributed by atoms with Crippen LogP contribution in [-0.2, 0) is 9.59 Å². The van der Waals surface area contributed by atoms with Crippen LogP contribution in [0.4, 0.5) is 10.1 Å². The zero-order valence-electron chi connectivity index (χ0n) is 20.5. The van der Waals surface area contributed by atoms with Crippen molar-refractivity contribution < 1.29 is 29.3 Å². The summed E-state index contributed by atoms with van der Waals surface area (Å²) in [6.07, 6.45) is 2.92. The number of benzene rings is 2. The summed E-state index contributed by atoms with van der Waals surface area (Å²) in [7, 11) is 0. The molecule has 1 aliphatic heterocycles. The van der Waals surface area contributed by atoms with E-state index in [0.29, 0.717) is 42.5 Å². The molecule has 6 nitrogen and oxygen atoms in total. The van der Waals surface area contributed by atoms with Gasteiger partial charge in [-0.15, -0.1) is 0 Å². The SMILES string of the molecule is CC/C(=C\c1ccc(O)c(F)c1)CC[C@@H](O)C1=C(C)C[C@H]2C(=O)N(c3ccccc3)C(=O)[C@H]2[C@H]1CO. The largest absolute Gasteiger partial charge is 0.505 e. The summed E-state index contributed by atoms with van der Waals surface area (Å²) >= 11 is 0. The molecule has 2 aliphatic rings. The number of aliphatic hydroxyl groups excluding tert-OH is 2. The van der Waals surface area contributed by atoms with E-state index in [1.165, 1.54) is 17.0 Å². The molecule has 4 atom stereocenters. The minimum absolute atomic E-state index is 0.264. The first-order valence-corrected chi connectivity index (χ1v) is 12.4. The molecule has 2 aromatic carbocycles. The number of phenolic OH excluding ortho intramolecular Hbond substituents is 1. The Morgan fingerprint density at radius 3 is 2.53 bits per heavy atom. The Labute approximate surface area is 210 Å². The van der Waals surface area contributed by atoms with Gasteiger partial charge < -0.3 is 15.3 Å². The number of anilines is 1. The van der Waals surface area contributed by atoms with E-state index in [1.807, 2.05) is 26.0 Å². The number of carbonyl (C=O) groups is 2. The topological polar surface area (TPSA) is 98.1 Å². The molecule has 1 fully saturated rings. The predicted octanol–water partition coefficient (Wildman–Crippen LogP) is 4.60. The summed E-state index contributed by atoms with van der Waals surface area (Å²) in [5.41, 5.74) is 3.61. The van der Waals surface area contributed by atoms with E-state index >= 15 is 0 Å². The number of aliphatic hydroxyl groups is 2. The van der Waals surface area contributed by atoms with E-state index in [9.17, 15) is 29.3 Å². The van der Waals surface area contributed by atoms with Crippen LogP contribution in [0, 0.1) is 23.6 Å². The van der Waals surface area contributed by atoms with Gasteiger partial charge in [0.25, 0.3) is 0 Å². The fourth-order valence-corrected chi connectivity index (χ4v) is 5.63. The van der Waals surface area contributed by atoms with Gasteiger partial charge in [-0.2, -0.15) is 0 Å². The van der Waals surface area contributed by atoms with Crippen molar-refractivity contribution in [3.05, 3.63) is 76.6 Å². The third kappa shape index (κ3) is 4.86. The zero-order chi connectivity index (χ0) is 26.0. The molecule has 1 aliphatic carbocycles. The highest BCUT2D eigenvalue weighted by Crippen LogP contribution is 2.47. The van der Waals surface area contributed by atoms with Gasteiger partial charge in [0, 0.05) is 5.92 Å². The molecule has 2 aromatic rings. The number of halogens is 1. The summed E-state index contributed by atoms with van der Waals surface area (Å²) < 4.78 is 13.7. The molecule has 2 amide bonds. The van der Waals surface area contributed by atoms with E-state index in [-0.39, 0.29) is 18.4 Å². The van der Waals surface area contributed by atoms with Crippen LogP contribution in [0.25, 0.3) is 6.08 Å². The second-order valence-corrected chi connectivity index (χ2v) is 9.63. The molecule has 0 radical (unpaired) electrons. The van der Waals surface area contributed by atoms with Crippen molar-refractivity contribution in [2.24, 2.45) is 17.8 Å². The summed E-state index contributed by atoms with van der Waals surface area (Å²) in [5, 5.41) is 30.9. The molecule has 36 heavy (non-hydrogen) atoms. The molecule has 1 heterocycles. The molecule has 3 N–H and O–H groups in total. The lowest BCUT2D eigenvalue weighted by atomic mass is 9.68. The first kappa shape index (κ1) is 25.8. The Morgan fingerprint density at radius 2 is 1.89 bits per heavy atom. The second-order valence-electron chi connectivity index (χ2n) is 9.63. The van der Waals surface area contributed by atoms with Gasteiger partial charge in [-0.05, 0) is 68.0 Å². The van der Waals surface area contributed by atoms with Crippen LogP contribution in [-0.4, -0.2) is 39.8 Å². The van der Waals surface area contributed by atoms with Crippen LogP contribution in [0.1, 0.15) is 45.1 Å². The maximum atomic E-state index is 13.7. The number of nitrogens with zero attached hydrogens (tertiary/aromatic N) is 1. The van der Waals surface area contributed by atoms with Crippen LogP contribution in [0.2, 0.25) is 0 Å². The van der Waals surface area contributed by atoms with Gasteiger partial charge in [0.15, 0.2) is 11.6 Å². The normalized spacial score (nSPS) is 23.3. The molecular weight excluding hydrogens is 461 g/mol. The zero-order valence-corrected chi connectivity index (χ0v) is 20.5. The Bertz CT molecular complexity index is 1210. The lowest BCUT2D eigenvalue weighted by molar-refractivity contribution is -0.123. The van der Waals surface area contributed by atoms with Crippen molar-refractivity contribution in [3.8, 4) is 5.75 Å². The third-order valence-corrected chi connectivity index (χ3v) is 7.43. The number of allylic oxidation sites excluding steroid dienone is 2. The number of imide groups is 1. The first-order chi connectivity index (χ1) is 17.3. The minimum atomic E-state index is -0.886. The van der Waals surface area contributed by atoms with Crippen molar-refractivity contribution in [1.29, 1.82) is 0 Å². The smallest absolute Gasteiger partial charge is 0.238 e. The maximum absolute atomic E-state index is 13.7. The Morgan fingerprint density at radius 1 is 1.17 bits per heavy atom. The third-order valence-electron chi connectivity index (χ3n) is 7.43. The molecule has 7 heteroatoms. The second kappa shape index (κ2) is 10.8. The number of carbonyl (C=O) groups excluding carboxylic acids is 2. The van der Waals surface area contributed by atoms with E-state index in [1.54, 1.807) is 30.3 Å². The Kier molecular flexibility index (Phi) is 7.71. The van der Waals surface area contributed by atoms with Gasteiger partial charge in [0.05, 0.1) is 30.2 Å². The molecule has 0 spiro atoms. The highest BCUT2D eigenvalue weighted by Gasteiger charge is 2.54. The monoisotopic (exact) mass is 493 g/mol. The van der Waals surface area contributed by atoms with Gasteiger partial charge in [0.2, 0.25) is 11.8 Å². The van der Waals surface area contributed by atoms with E-state index in [0.717, 1.165) is 11.1 Å². The standard InChI is InChI=1S/C29H32FNO5/c1-3-18(14-19-10-11-24(33)23(30)15-19)9-12-25(34)26-17(2)13-21-27(22(26)16-32)29(36)31(28(21)35)20-7-5-4-6-8-20/h4-8,10-11,14-15,21-22,25,27,32-34H,3,9,12-13,16H2,1-2H3/b18-14+/t21-,22+,25-,27-/m1/s1. The van der Waals surface area contributed by atoms with Crippen molar-refractivity contribution in [3.63, 3.8) is 0 Å². The average molecular weight is 494 g/mol. The first-order valence-electron chi connectivity index (χ1n) is 12.4. The van der Waals surface area contributed by atoms with Crippen LogP contribution in [0.3, 0.4) is 0 Å². The summed E-state index contributed by atoms with van der Waals surface area (Å²) in [6, 6.07) is 13.0. The predicted molar refractivity (Wildman–Crippen MR) is 135 cm³/mol. The van der Waals surface area contributed by atoms with Crippen LogP contribution in [0.15, 0.2) is 65.3 Å². The number of rotatable bonds is 8. The molecule has 0 unspecified atom stereocenters. The number of phenols is 1. The number of aromatic hydroxyl groups is 1. The van der Waals surface area contributed by atoms with Crippen LogP contribution in [0.5, 0.6) is 5.75 Å². The fraction of sp³-hybridized carbons (Fsp3) is 0.379. The Hall–Kier alpha value is -3.29. The number of para-hydroxylation sites is 1. The minimum Gasteiger partial charge on any atom is -0.505 e. The molecule has 4 rings (SSSR count). The van der Waals surface area contributed by atoms with E-state index < -0.39 is 35.4 Å². The molecule has 0 bridgehead atoms. The van der Waals surface area contributed by atoms with Crippen molar-refractivity contribution >= 4 is 23.6 Å². The van der Waals surface area contributed by atoms with Gasteiger partial charge in [0.1, 0.15) is 0 Å². The molecule has 1 saturated heterocycles. The highest BCUT2D eigenvalue weighted by atomic mass is 19.1. The van der Waals surface area contributed by atoms with Crippen molar-refractivity contribution in [2.75, 3.05) is 11.5 Å². The average Bonchev–Trinajstić information content (AvgIpc) is 3.12.